The highest BCUT2D eigenvalue weighted by molar-refractivity contribution is 9.10. The Labute approximate surface area is 174 Å². The molecule has 0 aliphatic heterocycles. The number of halogens is 2. The van der Waals surface area contributed by atoms with Gasteiger partial charge in [0.1, 0.15) is 5.78 Å². The average Bonchev–Trinajstić information content (AvgIpc) is 2.65. The Balaban J connectivity index is 1.91. The van der Waals surface area contributed by atoms with Crippen LogP contribution in [0.15, 0.2) is 53.0 Å². The van der Waals surface area contributed by atoms with Crippen LogP contribution in [0.1, 0.15) is 66.8 Å². The predicted molar refractivity (Wildman–Crippen MR) is 113 cm³/mol. The number of benzene rings is 2. The topological polar surface area (TPSA) is 34.1 Å². The minimum Gasteiger partial charge on any atom is -0.299 e. The van der Waals surface area contributed by atoms with Gasteiger partial charge in [-0.05, 0) is 42.7 Å². The SMILES string of the molecule is O=C(C[C@H](c1ccc(Br)cc1)[C@@H]1CCCCCCC1=O)c1ccccc1Cl. The first kappa shape index (κ1) is 20.3. The molecule has 0 amide bonds. The van der Waals surface area contributed by atoms with Gasteiger partial charge in [0.2, 0.25) is 0 Å². The molecule has 0 spiro atoms. The molecule has 1 fully saturated rings. The molecule has 0 aromatic heterocycles. The molecule has 27 heavy (non-hydrogen) atoms. The summed E-state index contributed by atoms with van der Waals surface area (Å²) in [4.78, 5) is 25.9. The first-order valence-corrected chi connectivity index (χ1v) is 10.8. The summed E-state index contributed by atoms with van der Waals surface area (Å²) in [5.74, 6) is 0.100. The summed E-state index contributed by atoms with van der Waals surface area (Å²) in [6, 6.07) is 15.2. The van der Waals surface area contributed by atoms with Gasteiger partial charge in [-0.25, -0.2) is 0 Å². The molecule has 0 bridgehead atoms. The average molecular weight is 448 g/mol. The van der Waals surface area contributed by atoms with Crippen molar-refractivity contribution in [1.29, 1.82) is 0 Å². The largest absolute Gasteiger partial charge is 0.299 e. The van der Waals surface area contributed by atoms with Crippen molar-refractivity contribution in [3.8, 4) is 0 Å². The standard InChI is InChI=1S/C23H24BrClO2/c24-17-13-11-16(12-14-17)20(18-7-3-1-2-4-10-22(18)26)15-23(27)19-8-5-6-9-21(19)25/h5-6,8-9,11-14,18,20H,1-4,7,10,15H2/t18-,20+/m0/s1. The van der Waals surface area contributed by atoms with Gasteiger partial charge in [0, 0.05) is 34.7 Å². The van der Waals surface area contributed by atoms with Crippen LogP contribution in [0, 0.1) is 5.92 Å². The number of Topliss-reactive ketones (excluding diaryl/α,β-unsaturated/α-hetero) is 2. The Morgan fingerprint density at radius 3 is 2.48 bits per heavy atom. The Kier molecular flexibility index (Phi) is 7.26. The quantitative estimate of drug-likeness (QED) is 0.462. The fourth-order valence-corrected chi connectivity index (χ4v) is 4.49. The zero-order valence-electron chi connectivity index (χ0n) is 15.3. The molecule has 0 unspecified atom stereocenters. The zero-order valence-corrected chi connectivity index (χ0v) is 17.6. The van der Waals surface area contributed by atoms with Crippen LogP contribution in [-0.4, -0.2) is 11.6 Å². The van der Waals surface area contributed by atoms with Crippen LogP contribution in [0.4, 0.5) is 0 Å². The minimum absolute atomic E-state index is 0.00313. The van der Waals surface area contributed by atoms with Gasteiger partial charge in [-0.2, -0.15) is 0 Å². The van der Waals surface area contributed by atoms with Crippen molar-refractivity contribution in [3.05, 3.63) is 69.2 Å². The molecule has 2 aromatic rings. The number of rotatable bonds is 5. The van der Waals surface area contributed by atoms with Gasteiger partial charge in [-0.3, -0.25) is 9.59 Å². The Hall–Kier alpha value is -1.45. The summed E-state index contributed by atoms with van der Waals surface area (Å²) in [5, 5.41) is 0.473. The van der Waals surface area contributed by atoms with Crippen molar-refractivity contribution >= 4 is 39.1 Å². The molecule has 0 saturated heterocycles. The van der Waals surface area contributed by atoms with Gasteiger partial charge < -0.3 is 0 Å². The number of carbonyl (C=O) groups is 2. The van der Waals surface area contributed by atoms with Crippen LogP contribution in [0.5, 0.6) is 0 Å². The van der Waals surface area contributed by atoms with E-state index >= 15 is 0 Å². The van der Waals surface area contributed by atoms with Gasteiger partial charge >= 0.3 is 0 Å². The van der Waals surface area contributed by atoms with E-state index in [-0.39, 0.29) is 17.6 Å². The second-order valence-corrected chi connectivity index (χ2v) is 8.61. The lowest BCUT2D eigenvalue weighted by molar-refractivity contribution is -0.124. The molecule has 2 nitrogen and oxygen atoms in total. The lowest BCUT2D eigenvalue weighted by atomic mass is 9.75. The zero-order chi connectivity index (χ0) is 19.2. The Morgan fingerprint density at radius 1 is 1.04 bits per heavy atom. The van der Waals surface area contributed by atoms with Gasteiger partial charge in [-0.15, -0.1) is 0 Å². The van der Waals surface area contributed by atoms with Crippen molar-refractivity contribution < 1.29 is 9.59 Å². The number of carbonyl (C=O) groups excluding carboxylic acids is 2. The number of hydrogen-bond donors (Lipinski definition) is 0. The maximum atomic E-state index is 13.0. The molecule has 0 heterocycles. The molecule has 142 valence electrons. The summed E-state index contributed by atoms with van der Waals surface area (Å²) in [5.41, 5.74) is 1.59. The molecule has 1 aliphatic carbocycles. The first-order chi connectivity index (χ1) is 13.1. The monoisotopic (exact) mass is 446 g/mol. The van der Waals surface area contributed by atoms with E-state index in [0.717, 1.165) is 42.1 Å². The summed E-state index contributed by atoms with van der Waals surface area (Å²) >= 11 is 9.71. The highest BCUT2D eigenvalue weighted by atomic mass is 79.9. The van der Waals surface area contributed by atoms with Crippen LogP contribution in [0.3, 0.4) is 0 Å². The fourth-order valence-electron chi connectivity index (χ4n) is 3.99. The van der Waals surface area contributed by atoms with E-state index < -0.39 is 0 Å². The van der Waals surface area contributed by atoms with Gasteiger partial charge in [0.25, 0.3) is 0 Å². The van der Waals surface area contributed by atoms with Gasteiger partial charge in [-0.1, -0.05) is 71.1 Å². The molecule has 3 rings (SSSR count). The second kappa shape index (κ2) is 9.66. The fraction of sp³-hybridized carbons (Fsp3) is 0.391. The van der Waals surface area contributed by atoms with Crippen LogP contribution in [0.2, 0.25) is 5.02 Å². The lowest BCUT2D eigenvalue weighted by Crippen LogP contribution is -2.26. The molecule has 0 radical (unpaired) electrons. The molecular weight excluding hydrogens is 424 g/mol. The van der Waals surface area contributed by atoms with Crippen molar-refractivity contribution in [2.45, 2.75) is 50.9 Å². The molecule has 4 heteroatoms. The summed E-state index contributed by atoms with van der Waals surface area (Å²) < 4.78 is 0.992. The smallest absolute Gasteiger partial charge is 0.165 e. The summed E-state index contributed by atoms with van der Waals surface area (Å²) in [7, 11) is 0. The third-order valence-corrected chi connectivity index (χ3v) is 6.32. The van der Waals surface area contributed by atoms with E-state index in [1.54, 1.807) is 12.1 Å². The highest BCUT2D eigenvalue weighted by Gasteiger charge is 2.31. The second-order valence-electron chi connectivity index (χ2n) is 7.29. The van der Waals surface area contributed by atoms with Crippen molar-refractivity contribution in [2.75, 3.05) is 0 Å². The number of hydrogen-bond acceptors (Lipinski definition) is 2. The molecule has 2 atom stereocenters. The van der Waals surface area contributed by atoms with Crippen LogP contribution in [0.25, 0.3) is 0 Å². The van der Waals surface area contributed by atoms with Crippen molar-refractivity contribution in [3.63, 3.8) is 0 Å². The Bertz CT molecular complexity index is 800. The normalized spacial score (nSPS) is 19.2. The van der Waals surface area contributed by atoms with Crippen LogP contribution in [-0.2, 0) is 4.79 Å². The molecule has 0 N–H and O–H groups in total. The molecule has 1 aliphatic rings. The van der Waals surface area contributed by atoms with E-state index in [1.165, 1.54) is 0 Å². The van der Waals surface area contributed by atoms with E-state index in [4.69, 9.17) is 11.6 Å². The summed E-state index contributed by atoms with van der Waals surface area (Å²) in [6.45, 7) is 0. The predicted octanol–water partition coefficient (Wildman–Crippen LogP) is 7.00. The van der Waals surface area contributed by atoms with E-state index in [0.29, 0.717) is 29.2 Å². The third kappa shape index (κ3) is 5.30. The van der Waals surface area contributed by atoms with Crippen molar-refractivity contribution in [2.24, 2.45) is 5.92 Å². The van der Waals surface area contributed by atoms with Gasteiger partial charge in [0.15, 0.2) is 5.78 Å². The first-order valence-electron chi connectivity index (χ1n) is 9.62. The molecule has 1 saturated carbocycles. The van der Waals surface area contributed by atoms with Crippen LogP contribution < -0.4 is 0 Å². The number of ketones is 2. The summed E-state index contributed by atoms with van der Waals surface area (Å²) in [6.07, 6.45) is 6.08. The maximum absolute atomic E-state index is 13.0. The van der Waals surface area contributed by atoms with E-state index in [1.807, 2.05) is 36.4 Å². The molecular formula is C23H24BrClO2. The highest BCUT2D eigenvalue weighted by Crippen LogP contribution is 2.37. The van der Waals surface area contributed by atoms with Crippen molar-refractivity contribution in [1.82, 2.24) is 0 Å². The van der Waals surface area contributed by atoms with E-state index in [9.17, 15) is 9.59 Å². The van der Waals surface area contributed by atoms with Crippen LogP contribution >= 0.6 is 27.5 Å². The van der Waals surface area contributed by atoms with E-state index in [2.05, 4.69) is 15.9 Å². The maximum Gasteiger partial charge on any atom is 0.165 e. The lowest BCUT2D eigenvalue weighted by Gasteiger charge is -2.28. The third-order valence-electron chi connectivity index (χ3n) is 5.47. The minimum atomic E-state index is -0.104. The Morgan fingerprint density at radius 2 is 1.74 bits per heavy atom. The van der Waals surface area contributed by atoms with Gasteiger partial charge in [0.05, 0.1) is 5.02 Å². The molecule has 2 aromatic carbocycles.